The summed E-state index contributed by atoms with van der Waals surface area (Å²) >= 11 is 12.4. The van der Waals surface area contributed by atoms with Crippen molar-refractivity contribution in [1.82, 2.24) is 9.78 Å². The van der Waals surface area contributed by atoms with E-state index in [-0.39, 0.29) is 11.5 Å². The number of ketones is 1. The molecular weight excluding hydrogens is 359 g/mol. The lowest BCUT2D eigenvalue weighted by molar-refractivity contribution is 0.104. The van der Waals surface area contributed by atoms with E-state index < -0.39 is 0 Å². The number of benzene rings is 2. The summed E-state index contributed by atoms with van der Waals surface area (Å²) in [6.07, 6.45) is 3.07. The number of aromatic nitrogens is 2. The molecule has 0 aliphatic carbocycles. The van der Waals surface area contributed by atoms with Crippen molar-refractivity contribution >= 4 is 35.1 Å². The monoisotopic (exact) mass is 372 g/mol. The number of nitrogens with zero attached hydrogens (tertiary/aromatic N) is 2. The van der Waals surface area contributed by atoms with Gasteiger partial charge in [0, 0.05) is 16.1 Å². The van der Waals surface area contributed by atoms with E-state index in [9.17, 15) is 9.90 Å². The Balaban J connectivity index is 1.90. The number of allylic oxidation sites excluding steroid dienone is 1. The quantitative estimate of drug-likeness (QED) is 0.512. The molecule has 4 nitrogen and oxygen atoms in total. The van der Waals surface area contributed by atoms with Gasteiger partial charge < -0.3 is 5.11 Å². The summed E-state index contributed by atoms with van der Waals surface area (Å²) in [5.74, 6) is -0.0758. The molecule has 3 aromatic rings. The summed E-state index contributed by atoms with van der Waals surface area (Å²) in [4.78, 5) is 12.2. The zero-order valence-corrected chi connectivity index (χ0v) is 14.8. The second kappa shape index (κ2) is 7.13. The Hall–Kier alpha value is -2.56. The third-order valence-electron chi connectivity index (χ3n) is 3.65. The van der Waals surface area contributed by atoms with E-state index in [1.54, 1.807) is 35.0 Å². The molecule has 3 rings (SSSR count). The molecule has 0 aliphatic rings. The number of rotatable bonds is 4. The van der Waals surface area contributed by atoms with Crippen LogP contribution < -0.4 is 0 Å². The highest BCUT2D eigenvalue weighted by Crippen LogP contribution is 2.26. The summed E-state index contributed by atoms with van der Waals surface area (Å²) in [5, 5.41) is 14.7. The molecule has 0 amide bonds. The van der Waals surface area contributed by atoms with Crippen molar-refractivity contribution in [2.24, 2.45) is 0 Å². The van der Waals surface area contributed by atoms with Crippen LogP contribution in [0.3, 0.4) is 0 Å². The van der Waals surface area contributed by atoms with Crippen molar-refractivity contribution in [3.8, 4) is 11.4 Å². The summed E-state index contributed by atoms with van der Waals surface area (Å²) < 4.78 is 1.58. The van der Waals surface area contributed by atoms with Gasteiger partial charge in [0.25, 0.3) is 0 Å². The minimum atomic E-state index is -0.189. The van der Waals surface area contributed by atoms with E-state index in [1.165, 1.54) is 18.2 Å². The molecule has 0 saturated heterocycles. The number of carbonyl (C=O) groups excluding carboxylic acids is 1. The molecule has 25 heavy (non-hydrogen) atoms. The molecule has 1 heterocycles. The van der Waals surface area contributed by atoms with Gasteiger partial charge in [0.2, 0.25) is 0 Å². The molecule has 0 fully saturated rings. The Morgan fingerprint density at radius 2 is 1.88 bits per heavy atom. The number of aryl methyl sites for hydroxylation is 1. The third kappa shape index (κ3) is 3.76. The summed E-state index contributed by atoms with van der Waals surface area (Å²) in [5.41, 5.74) is 2.57. The standard InChI is InChI=1S/C19H14Cl2N2O2/c1-12-17(9-10-18(25)13-5-7-16(24)8-6-13)19(21)23(22-12)15-4-2-3-14(20)11-15/h2-11,24H,1H3/b10-9+. The van der Waals surface area contributed by atoms with E-state index in [2.05, 4.69) is 5.10 Å². The lowest BCUT2D eigenvalue weighted by Gasteiger charge is -2.03. The molecule has 0 radical (unpaired) electrons. The van der Waals surface area contributed by atoms with Gasteiger partial charge in [0.1, 0.15) is 10.9 Å². The normalized spacial score (nSPS) is 11.2. The highest BCUT2D eigenvalue weighted by Gasteiger charge is 2.13. The lowest BCUT2D eigenvalue weighted by Crippen LogP contribution is -1.96. The van der Waals surface area contributed by atoms with Gasteiger partial charge in [-0.25, -0.2) is 4.68 Å². The van der Waals surface area contributed by atoms with Gasteiger partial charge in [0.15, 0.2) is 5.78 Å². The van der Waals surface area contributed by atoms with Gasteiger partial charge in [-0.15, -0.1) is 0 Å². The Kier molecular flexibility index (Phi) is 4.93. The van der Waals surface area contributed by atoms with Gasteiger partial charge >= 0.3 is 0 Å². The average molecular weight is 373 g/mol. The summed E-state index contributed by atoms with van der Waals surface area (Å²) in [7, 11) is 0. The predicted octanol–water partition coefficient (Wildman–Crippen LogP) is 5.09. The van der Waals surface area contributed by atoms with E-state index in [1.807, 2.05) is 19.1 Å². The smallest absolute Gasteiger partial charge is 0.185 e. The topological polar surface area (TPSA) is 55.1 Å². The van der Waals surface area contributed by atoms with Crippen LogP contribution in [0.5, 0.6) is 5.75 Å². The molecule has 1 N–H and O–H groups in total. The Morgan fingerprint density at radius 3 is 2.56 bits per heavy atom. The number of hydrogen-bond acceptors (Lipinski definition) is 3. The van der Waals surface area contributed by atoms with Gasteiger partial charge in [-0.1, -0.05) is 29.3 Å². The van der Waals surface area contributed by atoms with E-state index in [0.717, 1.165) is 5.69 Å². The number of phenolic OH excluding ortho intramolecular Hbond substituents is 1. The maximum absolute atomic E-state index is 12.2. The number of carbonyl (C=O) groups is 1. The van der Waals surface area contributed by atoms with Crippen LogP contribution in [0.1, 0.15) is 21.6 Å². The first-order valence-corrected chi connectivity index (χ1v) is 8.24. The predicted molar refractivity (Wildman–Crippen MR) is 99.8 cm³/mol. The highest BCUT2D eigenvalue weighted by atomic mass is 35.5. The second-order valence-corrected chi connectivity index (χ2v) is 6.22. The fourth-order valence-electron chi connectivity index (χ4n) is 2.36. The van der Waals surface area contributed by atoms with Gasteiger partial charge in [-0.3, -0.25) is 4.79 Å². The van der Waals surface area contributed by atoms with Crippen LogP contribution in [0.4, 0.5) is 0 Å². The molecule has 0 aliphatic heterocycles. The Morgan fingerprint density at radius 1 is 1.16 bits per heavy atom. The van der Waals surface area contributed by atoms with Crippen molar-refractivity contribution < 1.29 is 9.90 Å². The molecule has 126 valence electrons. The number of aromatic hydroxyl groups is 1. The minimum absolute atomic E-state index is 0.113. The second-order valence-electron chi connectivity index (χ2n) is 5.43. The van der Waals surface area contributed by atoms with E-state index in [0.29, 0.717) is 27.0 Å². The highest BCUT2D eigenvalue weighted by molar-refractivity contribution is 6.32. The molecule has 0 atom stereocenters. The summed E-state index contributed by atoms with van der Waals surface area (Å²) in [6.45, 7) is 1.82. The van der Waals surface area contributed by atoms with Crippen LogP contribution in [0.25, 0.3) is 11.8 Å². The van der Waals surface area contributed by atoms with Crippen molar-refractivity contribution in [2.45, 2.75) is 6.92 Å². The molecule has 6 heteroatoms. The molecule has 0 bridgehead atoms. The van der Waals surface area contributed by atoms with Crippen LogP contribution in [0.2, 0.25) is 10.2 Å². The first-order chi connectivity index (χ1) is 12.0. The molecule has 1 aromatic heterocycles. The first kappa shape index (κ1) is 17.3. The zero-order chi connectivity index (χ0) is 18.0. The van der Waals surface area contributed by atoms with Gasteiger partial charge in [-0.2, -0.15) is 5.10 Å². The van der Waals surface area contributed by atoms with Gasteiger partial charge in [-0.05, 0) is 61.5 Å². The molecule has 0 spiro atoms. The first-order valence-electron chi connectivity index (χ1n) is 7.48. The van der Waals surface area contributed by atoms with Crippen molar-refractivity contribution in [3.63, 3.8) is 0 Å². The van der Waals surface area contributed by atoms with Crippen LogP contribution in [0.15, 0.2) is 54.6 Å². The molecular formula is C19H14Cl2N2O2. The van der Waals surface area contributed by atoms with E-state index >= 15 is 0 Å². The zero-order valence-electron chi connectivity index (χ0n) is 13.3. The van der Waals surface area contributed by atoms with Crippen LogP contribution in [-0.4, -0.2) is 20.7 Å². The van der Waals surface area contributed by atoms with Gasteiger partial charge in [0.05, 0.1) is 11.4 Å². The number of hydrogen-bond donors (Lipinski definition) is 1. The van der Waals surface area contributed by atoms with E-state index in [4.69, 9.17) is 23.2 Å². The number of phenols is 1. The maximum atomic E-state index is 12.2. The molecule has 2 aromatic carbocycles. The average Bonchev–Trinajstić information content (AvgIpc) is 2.88. The number of halogens is 2. The fourth-order valence-corrected chi connectivity index (χ4v) is 2.88. The van der Waals surface area contributed by atoms with Crippen LogP contribution in [-0.2, 0) is 0 Å². The maximum Gasteiger partial charge on any atom is 0.185 e. The SMILES string of the molecule is Cc1nn(-c2cccc(Cl)c2)c(Cl)c1/C=C/C(=O)c1ccc(O)cc1. The largest absolute Gasteiger partial charge is 0.508 e. The van der Waals surface area contributed by atoms with Crippen molar-refractivity contribution in [2.75, 3.05) is 0 Å². The van der Waals surface area contributed by atoms with Crippen LogP contribution >= 0.6 is 23.2 Å². The van der Waals surface area contributed by atoms with Crippen molar-refractivity contribution in [1.29, 1.82) is 0 Å². The minimum Gasteiger partial charge on any atom is -0.508 e. The Labute approximate surface area is 154 Å². The lowest BCUT2D eigenvalue weighted by atomic mass is 10.1. The molecule has 0 saturated carbocycles. The third-order valence-corrected chi connectivity index (χ3v) is 4.25. The molecule has 0 unspecified atom stereocenters. The Bertz CT molecular complexity index is 960. The fraction of sp³-hybridized carbons (Fsp3) is 0.0526. The summed E-state index contributed by atoms with van der Waals surface area (Å²) in [6, 6.07) is 13.3. The van der Waals surface area contributed by atoms with Crippen molar-refractivity contribution in [3.05, 3.63) is 81.6 Å². The van der Waals surface area contributed by atoms with Crippen LogP contribution in [0, 0.1) is 6.92 Å².